The number of methoxy groups -OCH3 is 2. The van der Waals surface area contributed by atoms with E-state index in [1.54, 1.807) is 4.90 Å². The second-order valence-corrected chi connectivity index (χ2v) is 5.24. The number of ether oxygens (including phenoxy) is 2. The minimum absolute atomic E-state index is 0.131. The molecule has 0 bridgehead atoms. The van der Waals surface area contributed by atoms with Crippen LogP contribution in [0.4, 0.5) is 5.69 Å². The maximum atomic E-state index is 12.1. The normalized spacial score (nSPS) is 14.8. The third-order valence-corrected chi connectivity index (χ3v) is 3.80. The van der Waals surface area contributed by atoms with E-state index in [0.29, 0.717) is 11.3 Å². The summed E-state index contributed by atoms with van der Waals surface area (Å²) < 4.78 is 10.2. The fourth-order valence-electron chi connectivity index (χ4n) is 2.56. The molecule has 0 radical (unpaired) electrons. The Hall–Kier alpha value is -2.57. The van der Waals surface area contributed by atoms with Crippen molar-refractivity contribution >= 4 is 17.7 Å². The zero-order valence-electron chi connectivity index (χ0n) is 13.3. The number of nitro groups is 1. The number of nitro benzene ring substituents is 1. The molecular formula is C16H20N2O5. The third-order valence-electron chi connectivity index (χ3n) is 3.80. The average molecular weight is 320 g/mol. The first-order valence-electron chi connectivity index (χ1n) is 7.44. The smallest absolute Gasteiger partial charge is 0.280 e. The topological polar surface area (TPSA) is 81.9 Å². The van der Waals surface area contributed by atoms with Crippen LogP contribution < -0.4 is 9.47 Å². The Labute approximate surface area is 134 Å². The predicted molar refractivity (Wildman–Crippen MR) is 85.7 cm³/mol. The van der Waals surface area contributed by atoms with E-state index >= 15 is 0 Å². The van der Waals surface area contributed by atoms with Gasteiger partial charge in [-0.3, -0.25) is 14.9 Å². The molecule has 0 N–H and O–H groups in total. The molecule has 0 unspecified atom stereocenters. The number of piperidine rings is 1. The molecule has 0 atom stereocenters. The monoisotopic (exact) mass is 320 g/mol. The first kappa shape index (κ1) is 16.8. The Balaban J connectivity index is 2.28. The lowest BCUT2D eigenvalue weighted by Gasteiger charge is -2.25. The van der Waals surface area contributed by atoms with Gasteiger partial charge in [0.1, 0.15) is 0 Å². The van der Waals surface area contributed by atoms with E-state index in [0.717, 1.165) is 32.4 Å². The molecule has 1 amide bonds. The molecule has 0 aliphatic carbocycles. The van der Waals surface area contributed by atoms with Gasteiger partial charge in [0.2, 0.25) is 5.91 Å². The number of rotatable bonds is 5. The molecule has 2 rings (SSSR count). The summed E-state index contributed by atoms with van der Waals surface area (Å²) in [5, 5.41) is 11.2. The van der Waals surface area contributed by atoms with Crippen molar-refractivity contribution in [1.82, 2.24) is 4.90 Å². The van der Waals surface area contributed by atoms with Gasteiger partial charge in [0, 0.05) is 19.2 Å². The highest BCUT2D eigenvalue weighted by atomic mass is 16.6. The Kier molecular flexibility index (Phi) is 5.56. The van der Waals surface area contributed by atoms with E-state index in [1.165, 1.54) is 38.5 Å². The van der Waals surface area contributed by atoms with Gasteiger partial charge in [-0.2, -0.15) is 0 Å². The standard InChI is InChI=1S/C16H20N2O5/c1-22-14-10-12(13(18(20)21)11-15(14)23-2)6-7-16(19)17-8-4-3-5-9-17/h6-7,10-11H,3-5,8-9H2,1-2H3/b7-6+. The zero-order chi connectivity index (χ0) is 16.8. The lowest BCUT2D eigenvalue weighted by Crippen LogP contribution is -2.34. The van der Waals surface area contributed by atoms with E-state index < -0.39 is 4.92 Å². The van der Waals surface area contributed by atoms with Gasteiger partial charge in [-0.05, 0) is 31.4 Å². The summed E-state index contributed by atoms with van der Waals surface area (Å²) in [6, 6.07) is 2.79. The highest BCUT2D eigenvalue weighted by Gasteiger charge is 2.19. The molecule has 7 nitrogen and oxygen atoms in total. The number of hydrogen-bond acceptors (Lipinski definition) is 5. The number of likely N-dealkylation sites (tertiary alicyclic amines) is 1. The van der Waals surface area contributed by atoms with Crippen LogP contribution in [0.5, 0.6) is 11.5 Å². The molecule has 0 saturated carbocycles. The number of nitrogens with zero attached hydrogens (tertiary/aromatic N) is 2. The van der Waals surface area contributed by atoms with Crippen molar-refractivity contribution in [3.8, 4) is 11.5 Å². The van der Waals surface area contributed by atoms with Crippen molar-refractivity contribution in [3.63, 3.8) is 0 Å². The van der Waals surface area contributed by atoms with E-state index in [1.807, 2.05) is 0 Å². The van der Waals surface area contributed by atoms with Gasteiger partial charge in [0.15, 0.2) is 11.5 Å². The minimum atomic E-state index is -0.507. The lowest BCUT2D eigenvalue weighted by molar-refractivity contribution is -0.385. The Morgan fingerprint density at radius 3 is 2.35 bits per heavy atom. The summed E-state index contributed by atoms with van der Waals surface area (Å²) in [7, 11) is 2.87. The number of carbonyl (C=O) groups is 1. The van der Waals surface area contributed by atoms with Crippen LogP contribution in [0.2, 0.25) is 0 Å². The van der Waals surface area contributed by atoms with Crippen molar-refractivity contribution in [3.05, 3.63) is 33.9 Å². The zero-order valence-corrected chi connectivity index (χ0v) is 13.3. The third kappa shape index (κ3) is 4.00. The molecule has 23 heavy (non-hydrogen) atoms. The van der Waals surface area contributed by atoms with Crippen LogP contribution in [0, 0.1) is 10.1 Å². The Morgan fingerprint density at radius 1 is 1.17 bits per heavy atom. The molecule has 1 aliphatic heterocycles. The molecule has 7 heteroatoms. The minimum Gasteiger partial charge on any atom is -0.493 e. The molecule has 1 saturated heterocycles. The summed E-state index contributed by atoms with van der Waals surface area (Å²) in [5.41, 5.74) is 0.170. The molecular weight excluding hydrogens is 300 g/mol. The molecule has 1 aliphatic rings. The van der Waals surface area contributed by atoms with Crippen LogP contribution >= 0.6 is 0 Å². The van der Waals surface area contributed by atoms with Crippen LogP contribution in [-0.4, -0.2) is 43.0 Å². The van der Waals surface area contributed by atoms with Crippen molar-refractivity contribution in [1.29, 1.82) is 0 Å². The average Bonchev–Trinajstić information content (AvgIpc) is 2.59. The largest absolute Gasteiger partial charge is 0.493 e. The number of hydrogen-bond donors (Lipinski definition) is 0. The van der Waals surface area contributed by atoms with Gasteiger partial charge >= 0.3 is 0 Å². The molecule has 1 fully saturated rings. The fraction of sp³-hybridized carbons (Fsp3) is 0.438. The predicted octanol–water partition coefficient (Wildman–Crippen LogP) is 2.64. The van der Waals surface area contributed by atoms with Gasteiger partial charge in [0.05, 0.1) is 30.8 Å². The number of benzene rings is 1. The van der Waals surface area contributed by atoms with Crippen molar-refractivity contribution < 1.29 is 19.2 Å². The SMILES string of the molecule is COc1cc(/C=C/C(=O)N2CCCCC2)c([N+](=O)[O-])cc1OC. The van der Waals surface area contributed by atoms with Crippen LogP contribution in [0.25, 0.3) is 6.08 Å². The van der Waals surface area contributed by atoms with Crippen molar-refractivity contribution in [2.24, 2.45) is 0 Å². The van der Waals surface area contributed by atoms with Crippen LogP contribution in [0.1, 0.15) is 24.8 Å². The van der Waals surface area contributed by atoms with Crippen molar-refractivity contribution in [2.45, 2.75) is 19.3 Å². The van der Waals surface area contributed by atoms with Gasteiger partial charge in [-0.25, -0.2) is 0 Å². The number of amides is 1. The first-order valence-corrected chi connectivity index (χ1v) is 7.44. The quantitative estimate of drug-likeness (QED) is 0.473. The van der Waals surface area contributed by atoms with E-state index in [9.17, 15) is 14.9 Å². The molecule has 1 aromatic carbocycles. The number of carbonyl (C=O) groups excluding carboxylic acids is 1. The summed E-state index contributed by atoms with van der Waals surface area (Å²) >= 11 is 0. The maximum absolute atomic E-state index is 12.1. The molecule has 0 spiro atoms. The van der Waals surface area contributed by atoms with E-state index in [2.05, 4.69) is 0 Å². The summed E-state index contributed by atoms with van der Waals surface area (Å²) in [4.78, 5) is 24.6. The highest BCUT2D eigenvalue weighted by Crippen LogP contribution is 2.35. The van der Waals surface area contributed by atoms with Crippen molar-refractivity contribution in [2.75, 3.05) is 27.3 Å². The first-order chi connectivity index (χ1) is 11.1. The summed E-state index contributed by atoms with van der Waals surface area (Å²) in [6.07, 6.45) is 5.96. The van der Waals surface area contributed by atoms with Crippen LogP contribution in [-0.2, 0) is 4.79 Å². The van der Waals surface area contributed by atoms with Gasteiger partial charge in [0.25, 0.3) is 5.69 Å². The lowest BCUT2D eigenvalue weighted by atomic mass is 10.1. The van der Waals surface area contributed by atoms with E-state index in [4.69, 9.17) is 9.47 Å². The highest BCUT2D eigenvalue weighted by molar-refractivity contribution is 5.92. The molecule has 124 valence electrons. The van der Waals surface area contributed by atoms with Gasteiger partial charge in [-0.1, -0.05) is 0 Å². The Bertz CT molecular complexity index is 621. The van der Waals surface area contributed by atoms with Crippen LogP contribution in [0.3, 0.4) is 0 Å². The second-order valence-electron chi connectivity index (χ2n) is 5.24. The Morgan fingerprint density at radius 2 is 1.78 bits per heavy atom. The molecule has 1 aromatic rings. The second kappa shape index (κ2) is 7.62. The van der Waals surface area contributed by atoms with Gasteiger partial charge < -0.3 is 14.4 Å². The van der Waals surface area contributed by atoms with Crippen LogP contribution in [0.15, 0.2) is 18.2 Å². The van der Waals surface area contributed by atoms with Gasteiger partial charge in [-0.15, -0.1) is 0 Å². The van der Waals surface area contributed by atoms with E-state index in [-0.39, 0.29) is 17.3 Å². The fourth-order valence-corrected chi connectivity index (χ4v) is 2.56. The summed E-state index contributed by atoms with van der Waals surface area (Å²) in [6.45, 7) is 1.47. The summed E-state index contributed by atoms with van der Waals surface area (Å²) in [5.74, 6) is 0.524. The molecule has 1 heterocycles. The maximum Gasteiger partial charge on any atom is 0.280 e. The molecule has 0 aromatic heterocycles.